The lowest BCUT2D eigenvalue weighted by atomic mass is 10.1. The van der Waals surface area contributed by atoms with Gasteiger partial charge in [-0.05, 0) is 32.9 Å². The van der Waals surface area contributed by atoms with Gasteiger partial charge in [0, 0.05) is 17.3 Å². The van der Waals surface area contributed by atoms with Crippen LogP contribution in [0.15, 0.2) is 41.4 Å². The quantitative estimate of drug-likeness (QED) is 0.320. The van der Waals surface area contributed by atoms with Crippen LogP contribution in [0.2, 0.25) is 0 Å². The van der Waals surface area contributed by atoms with E-state index in [1.807, 2.05) is 24.3 Å². The van der Waals surface area contributed by atoms with Gasteiger partial charge in [0.05, 0.1) is 12.1 Å². The van der Waals surface area contributed by atoms with Gasteiger partial charge in [-0.25, -0.2) is 9.79 Å². The molecule has 0 saturated heterocycles. The molecule has 1 amide bonds. The van der Waals surface area contributed by atoms with E-state index in [-0.39, 0.29) is 18.9 Å². The van der Waals surface area contributed by atoms with Crippen molar-refractivity contribution in [2.75, 3.05) is 6.54 Å². The molecular weight excluding hydrogens is 348 g/mol. The predicted octanol–water partition coefficient (Wildman–Crippen LogP) is 2.56. The second-order valence-corrected chi connectivity index (χ2v) is 6.82. The molecule has 0 aliphatic rings. The lowest BCUT2D eigenvalue weighted by Gasteiger charge is -2.19. The van der Waals surface area contributed by atoms with E-state index >= 15 is 0 Å². The first-order chi connectivity index (χ1) is 12.7. The lowest BCUT2D eigenvalue weighted by molar-refractivity contribution is -0.134. The number of hydrogen-bond acceptors (Lipinski definition) is 5. The zero-order valence-corrected chi connectivity index (χ0v) is 15.6. The van der Waals surface area contributed by atoms with Crippen LogP contribution in [-0.4, -0.2) is 30.2 Å². The van der Waals surface area contributed by atoms with E-state index in [4.69, 9.17) is 20.9 Å². The largest absolute Gasteiger partial charge is 0.444 e. The molecule has 0 aliphatic carbocycles. The monoisotopic (exact) mass is 372 g/mol. The molecule has 2 rings (SSSR count). The lowest BCUT2D eigenvalue weighted by Crippen LogP contribution is -2.34. The smallest absolute Gasteiger partial charge is 0.407 e. The van der Waals surface area contributed by atoms with Gasteiger partial charge in [-0.3, -0.25) is 4.79 Å². The number of fused-ring (bicyclic) bond motifs is 1. The SMILES string of the molecule is CC(C)(C)OC(=O)NCCC(=O)Oc1ccc(N=C(N)N)c2ccccc12. The van der Waals surface area contributed by atoms with Crippen LogP contribution in [0, 0.1) is 0 Å². The van der Waals surface area contributed by atoms with Gasteiger partial charge in [-0.15, -0.1) is 0 Å². The van der Waals surface area contributed by atoms with Crippen LogP contribution < -0.4 is 21.5 Å². The van der Waals surface area contributed by atoms with Crippen LogP contribution in [0.1, 0.15) is 27.2 Å². The van der Waals surface area contributed by atoms with Crippen LogP contribution in [-0.2, 0) is 9.53 Å². The van der Waals surface area contributed by atoms with E-state index < -0.39 is 17.7 Å². The maximum atomic E-state index is 12.1. The Morgan fingerprint density at radius 3 is 2.37 bits per heavy atom. The van der Waals surface area contributed by atoms with Crippen LogP contribution in [0.4, 0.5) is 10.5 Å². The van der Waals surface area contributed by atoms with Gasteiger partial charge in [0.2, 0.25) is 0 Å². The Labute approximate surface area is 157 Å². The number of nitrogens with zero attached hydrogens (tertiary/aromatic N) is 1. The predicted molar refractivity (Wildman–Crippen MR) is 104 cm³/mol. The van der Waals surface area contributed by atoms with Crippen molar-refractivity contribution in [3.63, 3.8) is 0 Å². The Hall–Kier alpha value is -3.29. The van der Waals surface area contributed by atoms with Gasteiger partial charge in [0.25, 0.3) is 0 Å². The fourth-order valence-electron chi connectivity index (χ4n) is 2.34. The number of aliphatic imine (C=N–C) groups is 1. The summed E-state index contributed by atoms with van der Waals surface area (Å²) >= 11 is 0. The molecule has 0 bridgehead atoms. The standard InChI is InChI=1S/C19H24N4O4/c1-19(2,3)27-18(25)22-11-10-16(24)26-15-9-8-14(23-17(20)21)12-6-4-5-7-13(12)15/h4-9H,10-11H2,1-3H3,(H,22,25)(H4,20,21,23). The van der Waals surface area contributed by atoms with Crippen molar-refractivity contribution >= 4 is 34.5 Å². The third-order valence-electron chi connectivity index (χ3n) is 3.33. The van der Waals surface area contributed by atoms with Crippen molar-refractivity contribution in [2.24, 2.45) is 16.5 Å². The minimum absolute atomic E-state index is 0.00320. The maximum Gasteiger partial charge on any atom is 0.407 e. The van der Waals surface area contributed by atoms with E-state index in [9.17, 15) is 9.59 Å². The number of amides is 1. The molecule has 0 radical (unpaired) electrons. The number of hydrogen-bond donors (Lipinski definition) is 3. The van der Waals surface area contributed by atoms with Gasteiger partial charge < -0.3 is 26.3 Å². The molecule has 8 nitrogen and oxygen atoms in total. The first kappa shape index (κ1) is 20.0. The first-order valence-electron chi connectivity index (χ1n) is 8.44. The van der Waals surface area contributed by atoms with Gasteiger partial charge >= 0.3 is 12.1 Å². The van der Waals surface area contributed by atoms with Gasteiger partial charge in [0.15, 0.2) is 5.96 Å². The highest BCUT2D eigenvalue weighted by atomic mass is 16.6. The van der Waals surface area contributed by atoms with Gasteiger partial charge in [-0.1, -0.05) is 24.3 Å². The topological polar surface area (TPSA) is 129 Å². The third kappa shape index (κ3) is 6.18. The number of ether oxygens (including phenoxy) is 2. The molecule has 0 unspecified atom stereocenters. The van der Waals surface area contributed by atoms with Crippen molar-refractivity contribution in [1.82, 2.24) is 5.32 Å². The molecule has 0 spiro atoms. The number of nitrogens with one attached hydrogen (secondary N) is 1. The summed E-state index contributed by atoms with van der Waals surface area (Å²) in [7, 11) is 0. The average Bonchev–Trinajstić information content (AvgIpc) is 2.55. The molecule has 5 N–H and O–H groups in total. The van der Waals surface area contributed by atoms with Crippen LogP contribution in [0.25, 0.3) is 10.8 Å². The molecule has 0 aliphatic heterocycles. The Balaban J connectivity index is 2.03. The van der Waals surface area contributed by atoms with Gasteiger partial charge in [0.1, 0.15) is 11.4 Å². The second kappa shape index (κ2) is 8.39. The summed E-state index contributed by atoms with van der Waals surface area (Å²) in [5.74, 6) is -0.147. The molecule has 8 heteroatoms. The van der Waals surface area contributed by atoms with Crippen LogP contribution in [0.3, 0.4) is 0 Å². The molecule has 0 fully saturated rings. The number of esters is 1. The number of rotatable bonds is 5. The minimum Gasteiger partial charge on any atom is -0.444 e. The fraction of sp³-hybridized carbons (Fsp3) is 0.316. The molecule has 2 aromatic carbocycles. The van der Waals surface area contributed by atoms with Gasteiger partial charge in [-0.2, -0.15) is 0 Å². The summed E-state index contributed by atoms with van der Waals surface area (Å²) in [5, 5.41) is 3.97. The van der Waals surface area contributed by atoms with E-state index in [0.717, 1.165) is 5.39 Å². The Morgan fingerprint density at radius 1 is 1.07 bits per heavy atom. The molecule has 0 saturated carbocycles. The Bertz CT molecular complexity index is 868. The normalized spacial score (nSPS) is 10.9. The summed E-state index contributed by atoms with van der Waals surface area (Å²) in [6, 6.07) is 10.6. The summed E-state index contributed by atoms with van der Waals surface area (Å²) < 4.78 is 10.5. The van der Waals surface area contributed by atoms with Crippen molar-refractivity contribution in [1.29, 1.82) is 0 Å². The van der Waals surface area contributed by atoms with Crippen molar-refractivity contribution in [3.8, 4) is 5.75 Å². The number of guanidine groups is 1. The molecular formula is C19H24N4O4. The van der Waals surface area contributed by atoms with Crippen LogP contribution >= 0.6 is 0 Å². The number of carbonyl (C=O) groups is 2. The zero-order valence-electron chi connectivity index (χ0n) is 15.6. The molecule has 2 aromatic rings. The van der Waals surface area contributed by atoms with Crippen molar-refractivity contribution in [2.45, 2.75) is 32.8 Å². The first-order valence-corrected chi connectivity index (χ1v) is 8.44. The molecule has 0 heterocycles. The summed E-state index contributed by atoms with van der Waals surface area (Å²) in [6.45, 7) is 5.39. The molecule has 0 aromatic heterocycles. The van der Waals surface area contributed by atoms with E-state index in [1.54, 1.807) is 32.9 Å². The van der Waals surface area contributed by atoms with E-state index in [0.29, 0.717) is 16.8 Å². The Kier molecular flexibility index (Phi) is 6.23. The van der Waals surface area contributed by atoms with Crippen molar-refractivity contribution in [3.05, 3.63) is 36.4 Å². The highest BCUT2D eigenvalue weighted by Gasteiger charge is 2.16. The second-order valence-electron chi connectivity index (χ2n) is 6.82. The molecule has 0 atom stereocenters. The average molecular weight is 372 g/mol. The third-order valence-corrected chi connectivity index (χ3v) is 3.33. The molecule has 27 heavy (non-hydrogen) atoms. The summed E-state index contributed by atoms with van der Waals surface area (Å²) in [4.78, 5) is 27.8. The number of alkyl carbamates (subject to hydrolysis) is 1. The maximum absolute atomic E-state index is 12.1. The summed E-state index contributed by atoms with van der Waals surface area (Å²) in [6.07, 6.45) is -0.578. The number of carbonyl (C=O) groups excluding carboxylic acids is 2. The fourth-order valence-corrected chi connectivity index (χ4v) is 2.34. The highest BCUT2D eigenvalue weighted by molar-refractivity contribution is 5.99. The van der Waals surface area contributed by atoms with E-state index in [1.165, 1.54) is 0 Å². The summed E-state index contributed by atoms with van der Waals surface area (Å²) in [5.41, 5.74) is 10.9. The number of nitrogens with two attached hydrogens (primary N) is 2. The Morgan fingerprint density at radius 2 is 1.74 bits per heavy atom. The van der Waals surface area contributed by atoms with Crippen LogP contribution in [0.5, 0.6) is 5.75 Å². The number of benzene rings is 2. The highest BCUT2D eigenvalue weighted by Crippen LogP contribution is 2.33. The minimum atomic E-state index is -0.597. The molecule has 144 valence electrons. The zero-order chi connectivity index (χ0) is 20.0. The van der Waals surface area contributed by atoms with Crippen molar-refractivity contribution < 1.29 is 19.1 Å². The van der Waals surface area contributed by atoms with E-state index in [2.05, 4.69) is 10.3 Å².